The third-order valence-electron chi connectivity index (χ3n) is 4.52. The minimum atomic E-state index is -0.176. The molecule has 0 saturated heterocycles. The van der Waals surface area contributed by atoms with Gasteiger partial charge in [-0.2, -0.15) is 0 Å². The van der Waals surface area contributed by atoms with Gasteiger partial charge in [0.2, 0.25) is 5.78 Å². The lowest BCUT2D eigenvalue weighted by molar-refractivity contribution is 0.0921. The van der Waals surface area contributed by atoms with E-state index >= 15 is 0 Å². The highest BCUT2D eigenvalue weighted by Gasteiger charge is 2.27. The second-order valence-corrected chi connectivity index (χ2v) is 6.45. The summed E-state index contributed by atoms with van der Waals surface area (Å²) in [5.74, 6) is 1.49. The summed E-state index contributed by atoms with van der Waals surface area (Å²) in [6.45, 7) is -0.119. The van der Waals surface area contributed by atoms with Crippen molar-refractivity contribution in [1.82, 2.24) is 0 Å². The molecule has 0 bridgehead atoms. The van der Waals surface area contributed by atoms with Gasteiger partial charge in [-0.1, -0.05) is 30.3 Å². The number of carbonyl (C=O) groups excluding carboxylic acids is 2. The maximum atomic E-state index is 12.5. The summed E-state index contributed by atoms with van der Waals surface area (Å²) >= 11 is 0. The number of methoxy groups -OCH3 is 1. The molecule has 1 aliphatic heterocycles. The summed E-state index contributed by atoms with van der Waals surface area (Å²) in [6.07, 6.45) is 1.70. The first-order chi connectivity index (χ1) is 14.1. The Bertz CT molecular complexity index is 1080. The molecule has 3 aromatic rings. The first-order valence-corrected chi connectivity index (χ1v) is 9.07. The van der Waals surface area contributed by atoms with E-state index in [1.54, 1.807) is 55.7 Å². The second-order valence-electron chi connectivity index (χ2n) is 6.45. The van der Waals surface area contributed by atoms with Crippen LogP contribution in [0.2, 0.25) is 0 Å². The van der Waals surface area contributed by atoms with Crippen molar-refractivity contribution < 1.29 is 23.8 Å². The number of rotatable bonds is 6. The summed E-state index contributed by atoms with van der Waals surface area (Å²) in [5.41, 5.74) is 1.89. The molecule has 5 heteroatoms. The van der Waals surface area contributed by atoms with Gasteiger partial charge >= 0.3 is 0 Å². The van der Waals surface area contributed by atoms with Crippen molar-refractivity contribution in [3.8, 4) is 17.2 Å². The lowest BCUT2D eigenvalue weighted by Gasteiger charge is -2.07. The highest BCUT2D eigenvalue weighted by atomic mass is 16.5. The molecule has 0 saturated carbocycles. The van der Waals surface area contributed by atoms with Gasteiger partial charge in [-0.3, -0.25) is 9.59 Å². The van der Waals surface area contributed by atoms with Crippen LogP contribution in [0.3, 0.4) is 0 Å². The van der Waals surface area contributed by atoms with E-state index in [1.807, 2.05) is 30.3 Å². The molecule has 3 aromatic carbocycles. The lowest BCUT2D eigenvalue weighted by Crippen LogP contribution is -2.11. The molecule has 1 heterocycles. The van der Waals surface area contributed by atoms with Gasteiger partial charge in [0, 0.05) is 11.6 Å². The molecular formula is C24H18O5. The molecule has 0 aliphatic carbocycles. The molecule has 0 amide bonds. The molecule has 0 unspecified atom stereocenters. The fourth-order valence-corrected chi connectivity index (χ4v) is 2.97. The van der Waals surface area contributed by atoms with E-state index in [9.17, 15) is 9.59 Å². The van der Waals surface area contributed by atoms with Crippen LogP contribution >= 0.6 is 0 Å². The van der Waals surface area contributed by atoms with Crippen molar-refractivity contribution >= 4 is 17.6 Å². The number of allylic oxidation sites excluding steroid dienone is 1. The van der Waals surface area contributed by atoms with Crippen molar-refractivity contribution in [2.75, 3.05) is 13.7 Å². The summed E-state index contributed by atoms with van der Waals surface area (Å²) in [5, 5.41) is 0. The number of ketones is 2. The van der Waals surface area contributed by atoms with Gasteiger partial charge in [-0.25, -0.2) is 0 Å². The third kappa shape index (κ3) is 4.04. The molecular weight excluding hydrogens is 368 g/mol. The quantitative estimate of drug-likeness (QED) is 0.459. The molecule has 0 spiro atoms. The zero-order valence-electron chi connectivity index (χ0n) is 15.8. The van der Waals surface area contributed by atoms with E-state index in [-0.39, 0.29) is 23.9 Å². The molecule has 4 rings (SSSR count). The number of hydrogen-bond donors (Lipinski definition) is 0. The van der Waals surface area contributed by atoms with Gasteiger partial charge in [0.25, 0.3) is 0 Å². The van der Waals surface area contributed by atoms with Gasteiger partial charge < -0.3 is 14.2 Å². The Hall–Kier alpha value is -3.86. The minimum absolute atomic E-state index is 0.119. The largest absolute Gasteiger partial charge is 0.497 e. The molecule has 0 radical (unpaired) electrons. The summed E-state index contributed by atoms with van der Waals surface area (Å²) in [6, 6.07) is 21.2. The van der Waals surface area contributed by atoms with Crippen molar-refractivity contribution in [3.63, 3.8) is 0 Å². The Kier molecular flexibility index (Phi) is 5.12. The Morgan fingerprint density at radius 3 is 2.41 bits per heavy atom. The van der Waals surface area contributed by atoms with Gasteiger partial charge in [0.15, 0.2) is 18.1 Å². The Balaban J connectivity index is 1.44. The van der Waals surface area contributed by atoms with Crippen molar-refractivity contribution in [2.24, 2.45) is 0 Å². The monoisotopic (exact) mass is 386 g/mol. The molecule has 5 nitrogen and oxygen atoms in total. The molecule has 0 aromatic heterocycles. The van der Waals surface area contributed by atoms with E-state index in [2.05, 4.69) is 0 Å². The minimum Gasteiger partial charge on any atom is -0.497 e. The third-order valence-corrected chi connectivity index (χ3v) is 4.52. The van der Waals surface area contributed by atoms with Gasteiger partial charge in [0.1, 0.15) is 17.2 Å². The van der Waals surface area contributed by atoms with Gasteiger partial charge in [-0.15, -0.1) is 0 Å². The molecule has 1 aliphatic rings. The average molecular weight is 386 g/mol. The Morgan fingerprint density at radius 1 is 0.966 bits per heavy atom. The topological polar surface area (TPSA) is 61.8 Å². The summed E-state index contributed by atoms with van der Waals surface area (Å²) in [7, 11) is 1.57. The number of hydrogen-bond acceptors (Lipinski definition) is 5. The highest BCUT2D eigenvalue weighted by Crippen LogP contribution is 2.34. The fourth-order valence-electron chi connectivity index (χ4n) is 2.97. The molecule has 0 fully saturated rings. The molecule has 144 valence electrons. The highest BCUT2D eigenvalue weighted by molar-refractivity contribution is 6.14. The van der Waals surface area contributed by atoms with Crippen LogP contribution in [0.15, 0.2) is 78.6 Å². The van der Waals surface area contributed by atoms with E-state index in [0.717, 1.165) is 5.56 Å². The number of carbonyl (C=O) groups is 2. The Morgan fingerprint density at radius 2 is 1.69 bits per heavy atom. The Labute approximate surface area is 168 Å². The maximum Gasteiger partial charge on any atom is 0.231 e. The van der Waals surface area contributed by atoms with Crippen molar-refractivity contribution in [2.45, 2.75) is 0 Å². The van der Waals surface area contributed by atoms with Gasteiger partial charge in [-0.05, 0) is 48.0 Å². The van der Waals surface area contributed by atoms with Crippen molar-refractivity contribution in [3.05, 3.63) is 95.2 Å². The smallest absolute Gasteiger partial charge is 0.231 e. The first-order valence-electron chi connectivity index (χ1n) is 9.07. The van der Waals surface area contributed by atoms with Crippen LogP contribution in [-0.4, -0.2) is 25.3 Å². The van der Waals surface area contributed by atoms with Crippen LogP contribution in [0.1, 0.15) is 26.3 Å². The van der Waals surface area contributed by atoms with Crippen LogP contribution in [0.5, 0.6) is 17.2 Å². The van der Waals surface area contributed by atoms with Crippen LogP contribution in [-0.2, 0) is 0 Å². The standard InChI is InChI=1S/C24H18O5/c1-27-18-9-7-17(8-10-18)21(25)15-28-19-11-12-20-22(14-19)29-23(24(20)26)13-16-5-3-2-4-6-16/h2-14H,15H2,1H3/b23-13-. The number of Topliss-reactive ketones (excluding diaryl/α,β-unsaturated/α-hetero) is 2. The first kappa shape index (κ1) is 18.5. The number of ether oxygens (including phenoxy) is 3. The number of fused-ring (bicyclic) bond motifs is 1. The second kappa shape index (κ2) is 8.02. The van der Waals surface area contributed by atoms with Crippen LogP contribution in [0.4, 0.5) is 0 Å². The lowest BCUT2D eigenvalue weighted by atomic mass is 10.1. The van der Waals surface area contributed by atoms with Crippen LogP contribution in [0, 0.1) is 0 Å². The van der Waals surface area contributed by atoms with Crippen LogP contribution < -0.4 is 14.2 Å². The van der Waals surface area contributed by atoms with E-state index in [0.29, 0.717) is 28.4 Å². The molecule has 29 heavy (non-hydrogen) atoms. The predicted molar refractivity (Wildman–Crippen MR) is 109 cm³/mol. The number of benzene rings is 3. The van der Waals surface area contributed by atoms with E-state index in [4.69, 9.17) is 14.2 Å². The zero-order valence-corrected chi connectivity index (χ0v) is 15.8. The zero-order chi connectivity index (χ0) is 20.2. The van der Waals surface area contributed by atoms with Gasteiger partial charge in [0.05, 0.1) is 12.7 Å². The predicted octanol–water partition coefficient (Wildman–Crippen LogP) is 4.57. The average Bonchev–Trinajstić information content (AvgIpc) is 3.07. The van der Waals surface area contributed by atoms with E-state index < -0.39 is 0 Å². The normalized spacial score (nSPS) is 13.7. The summed E-state index contributed by atoms with van der Waals surface area (Å²) in [4.78, 5) is 24.8. The SMILES string of the molecule is COc1ccc(C(=O)COc2ccc3c(c2)O/C(=C\c2ccccc2)C3=O)cc1. The summed E-state index contributed by atoms with van der Waals surface area (Å²) < 4.78 is 16.4. The van der Waals surface area contributed by atoms with Crippen LogP contribution in [0.25, 0.3) is 6.08 Å². The molecule has 0 atom stereocenters. The molecule has 0 N–H and O–H groups in total. The van der Waals surface area contributed by atoms with E-state index in [1.165, 1.54) is 0 Å². The maximum absolute atomic E-state index is 12.5. The fraction of sp³-hybridized carbons (Fsp3) is 0.0833. The van der Waals surface area contributed by atoms with Crippen molar-refractivity contribution in [1.29, 1.82) is 0 Å².